The SMILES string of the molecule is Cc1ccc(COc2ccc(/C=C(\C#N)C(=O)Nc3cccc(Cl)c3)cc2Cl)cc1C. The van der Waals surface area contributed by atoms with Crippen molar-refractivity contribution in [3.63, 3.8) is 0 Å². The van der Waals surface area contributed by atoms with Gasteiger partial charge in [0.05, 0.1) is 5.02 Å². The minimum Gasteiger partial charge on any atom is -0.487 e. The van der Waals surface area contributed by atoms with E-state index in [0.717, 1.165) is 5.56 Å². The Bertz CT molecular complexity index is 1200. The second kappa shape index (κ2) is 10.2. The number of rotatable bonds is 6. The molecule has 156 valence electrons. The number of halogens is 2. The van der Waals surface area contributed by atoms with Crippen molar-refractivity contribution < 1.29 is 9.53 Å². The number of hydrogen-bond acceptors (Lipinski definition) is 3. The van der Waals surface area contributed by atoms with Gasteiger partial charge >= 0.3 is 0 Å². The van der Waals surface area contributed by atoms with Crippen molar-refractivity contribution in [2.45, 2.75) is 20.5 Å². The molecule has 3 aromatic rings. The minimum atomic E-state index is -0.532. The van der Waals surface area contributed by atoms with Gasteiger partial charge in [-0.05, 0) is 72.5 Å². The number of amides is 1. The van der Waals surface area contributed by atoms with Gasteiger partial charge in [0, 0.05) is 10.7 Å². The van der Waals surface area contributed by atoms with Crippen LogP contribution in [0.4, 0.5) is 5.69 Å². The van der Waals surface area contributed by atoms with E-state index in [-0.39, 0.29) is 5.57 Å². The van der Waals surface area contributed by atoms with Gasteiger partial charge in [-0.25, -0.2) is 0 Å². The molecule has 0 saturated carbocycles. The highest BCUT2D eigenvalue weighted by Crippen LogP contribution is 2.27. The van der Waals surface area contributed by atoms with E-state index < -0.39 is 5.91 Å². The van der Waals surface area contributed by atoms with E-state index in [4.69, 9.17) is 27.9 Å². The van der Waals surface area contributed by atoms with E-state index in [2.05, 4.69) is 31.3 Å². The molecule has 0 aliphatic rings. The van der Waals surface area contributed by atoms with E-state index in [1.54, 1.807) is 42.5 Å². The summed E-state index contributed by atoms with van der Waals surface area (Å²) in [5.41, 5.74) is 4.54. The third kappa shape index (κ3) is 6.11. The number of benzene rings is 3. The van der Waals surface area contributed by atoms with Crippen molar-refractivity contribution in [3.8, 4) is 11.8 Å². The van der Waals surface area contributed by atoms with Crippen LogP contribution in [0.5, 0.6) is 5.75 Å². The molecular weight excluding hydrogens is 431 g/mol. The molecule has 1 amide bonds. The van der Waals surface area contributed by atoms with Crippen molar-refractivity contribution in [1.82, 2.24) is 0 Å². The highest BCUT2D eigenvalue weighted by Gasteiger charge is 2.11. The first-order valence-electron chi connectivity index (χ1n) is 9.53. The molecule has 0 atom stereocenters. The highest BCUT2D eigenvalue weighted by atomic mass is 35.5. The van der Waals surface area contributed by atoms with Crippen LogP contribution in [-0.2, 0) is 11.4 Å². The molecule has 31 heavy (non-hydrogen) atoms. The Hall–Kier alpha value is -3.26. The zero-order chi connectivity index (χ0) is 22.4. The Morgan fingerprint density at radius 2 is 1.87 bits per heavy atom. The number of hydrogen-bond donors (Lipinski definition) is 1. The molecule has 0 aliphatic heterocycles. The van der Waals surface area contributed by atoms with Gasteiger partial charge in [0.2, 0.25) is 0 Å². The van der Waals surface area contributed by atoms with Gasteiger partial charge in [0.1, 0.15) is 24.0 Å². The normalized spacial score (nSPS) is 11.0. The molecule has 1 N–H and O–H groups in total. The van der Waals surface area contributed by atoms with Crippen LogP contribution in [0, 0.1) is 25.2 Å². The molecule has 0 unspecified atom stereocenters. The van der Waals surface area contributed by atoms with Crippen molar-refractivity contribution in [2.24, 2.45) is 0 Å². The number of carbonyl (C=O) groups is 1. The predicted octanol–water partition coefficient (Wildman–Crippen LogP) is 6.73. The summed E-state index contributed by atoms with van der Waals surface area (Å²) < 4.78 is 5.83. The number of nitrogens with zero attached hydrogens (tertiary/aromatic N) is 1. The molecule has 0 aliphatic carbocycles. The van der Waals surface area contributed by atoms with Crippen LogP contribution in [0.3, 0.4) is 0 Å². The zero-order valence-electron chi connectivity index (χ0n) is 17.1. The molecule has 0 aromatic heterocycles. The van der Waals surface area contributed by atoms with Crippen LogP contribution >= 0.6 is 23.2 Å². The van der Waals surface area contributed by atoms with Crippen LogP contribution in [0.2, 0.25) is 10.0 Å². The summed E-state index contributed by atoms with van der Waals surface area (Å²) in [5.74, 6) is -0.00473. The summed E-state index contributed by atoms with van der Waals surface area (Å²) in [7, 11) is 0. The summed E-state index contributed by atoms with van der Waals surface area (Å²) in [5, 5.41) is 12.9. The molecule has 3 rings (SSSR count). The molecule has 3 aromatic carbocycles. The maximum absolute atomic E-state index is 12.4. The Morgan fingerprint density at radius 1 is 1.06 bits per heavy atom. The van der Waals surface area contributed by atoms with Crippen LogP contribution in [0.15, 0.2) is 66.2 Å². The van der Waals surface area contributed by atoms with E-state index >= 15 is 0 Å². The largest absolute Gasteiger partial charge is 0.487 e. The third-order valence-electron chi connectivity index (χ3n) is 4.68. The average molecular weight is 451 g/mol. The number of aryl methyl sites for hydroxylation is 2. The van der Waals surface area contributed by atoms with Gasteiger partial charge in [0.25, 0.3) is 5.91 Å². The molecule has 0 spiro atoms. The number of carbonyl (C=O) groups excluding carboxylic acids is 1. The van der Waals surface area contributed by atoms with Gasteiger partial charge in [0.15, 0.2) is 0 Å². The van der Waals surface area contributed by atoms with Crippen molar-refractivity contribution in [1.29, 1.82) is 5.26 Å². The van der Waals surface area contributed by atoms with Gasteiger partial charge in [-0.1, -0.05) is 53.5 Å². The molecule has 0 bridgehead atoms. The zero-order valence-corrected chi connectivity index (χ0v) is 18.6. The fraction of sp³-hybridized carbons (Fsp3) is 0.120. The average Bonchev–Trinajstić information content (AvgIpc) is 2.73. The molecular formula is C25H20Cl2N2O2. The fourth-order valence-electron chi connectivity index (χ4n) is 2.86. The first-order chi connectivity index (χ1) is 14.9. The lowest BCUT2D eigenvalue weighted by Crippen LogP contribution is -2.13. The Morgan fingerprint density at radius 3 is 2.55 bits per heavy atom. The lowest BCUT2D eigenvalue weighted by atomic mass is 10.1. The van der Waals surface area contributed by atoms with Gasteiger partial charge < -0.3 is 10.1 Å². The first kappa shape index (κ1) is 22.4. The predicted molar refractivity (Wildman–Crippen MR) is 125 cm³/mol. The van der Waals surface area contributed by atoms with Crippen molar-refractivity contribution >= 4 is 40.9 Å². The number of nitrogens with one attached hydrogen (secondary N) is 1. The number of nitriles is 1. The smallest absolute Gasteiger partial charge is 0.266 e. The summed E-state index contributed by atoms with van der Waals surface area (Å²) in [4.78, 5) is 12.4. The standard InChI is InChI=1S/C25H20Cl2N2O2/c1-16-6-7-19(10-17(16)2)15-31-24-9-8-18(12-23(24)27)11-20(14-28)25(30)29-22-5-3-4-21(26)13-22/h3-13H,15H2,1-2H3,(H,29,30)/b20-11+. The van der Waals surface area contributed by atoms with Gasteiger partial charge in [-0.3, -0.25) is 4.79 Å². The molecule has 0 radical (unpaired) electrons. The number of ether oxygens (including phenoxy) is 1. The van der Waals surface area contributed by atoms with Crippen molar-refractivity contribution in [3.05, 3.63) is 98.5 Å². The van der Waals surface area contributed by atoms with E-state index in [1.165, 1.54) is 17.2 Å². The van der Waals surface area contributed by atoms with Crippen LogP contribution in [-0.4, -0.2) is 5.91 Å². The van der Waals surface area contributed by atoms with Crippen LogP contribution in [0.1, 0.15) is 22.3 Å². The summed E-state index contributed by atoms with van der Waals surface area (Å²) in [6.07, 6.45) is 1.47. The van der Waals surface area contributed by atoms with Gasteiger partial charge in [-0.15, -0.1) is 0 Å². The second-order valence-electron chi connectivity index (χ2n) is 7.03. The minimum absolute atomic E-state index is 0.0557. The van der Waals surface area contributed by atoms with E-state index in [9.17, 15) is 10.1 Å². The van der Waals surface area contributed by atoms with E-state index in [0.29, 0.717) is 33.7 Å². The Labute approximate surface area is 191 Å². The topological polar surface area (TPSA) is 62.1 Å². The highest BCUT2D eigenvalue weighted by molar-refractivity contribution is 6.32. The lowest BCUT2D eigenvalue weighted by Gasteiger charge is -2.10. The number of anilines is 1. The van der Waals surface area contributed by atoms with Crippen molar-refractivity contribution in [2.75, 3.05) is 5.32 Å². The van der Waals surface area contributed by atoms with Crippen LogP contribution < -0.4 is 10.1 Å². The Kier molecular flexibility index (Phi) is 7.36. The Balaban J connectivity index is 1.71. The maximum atomic E-state index is 12.4. The first-order valence-corrected chi connectivity index (χ1v) is 10.3. The molecule has 0 fully saturated rings. The molecule has 0 saturated heterocycles. The second-order valence-corrected chi connectivity index (χ2v) is 7.88. The van der Waals surface area contributed by atoms with Crippen LogP contribution in [0.25, 0.3) is 6.08 Å². The van der Waals surface area contributed by atoms with E-state index in [1.807, 2.05) is 12.1 Å². The summed E-state index contributed by atoms with van der Waals surface area (Å²) in [6, 6.07) is 19.9. The van der Waals surface area contributed by atoms with Gasteiger partial charge in [-0.2, -0.15) is 5.26 Å². The maximum Gasteiger partial charge on any atom is 0.266 e. The third-order valence-corrected chi connectivity index (χ3v) is 5.21. The monoisotopic (exact) mass is 450 g/mol. The summed E-state index contributed by atoms with van der Waals surface area (Å²) in [6.45, 7) is 4.51. The molecule has 4 nitrogen and oxygen atoms in total. The molecule has 0 heterocycles. The summed E-state index contributed by atoms with van der Waals surface area (Å²) >= 11 is 12.3. The molecule has 6 heteroatoms. The lowest BCUT2D eigenvalue weighted by molar-refractivity contribution is -0.112. The quantitative estimate of drug-likeness (QED) is 0.334. The fourth-order valence-corrected chi connectivity index (χ4v) is 3.29.